The van der Waals surface area contributed by atoms with Crippen molar-refractivity contribution in [3.8, 4) is 0 Å². The zero-order chi connectivity index (χ0) is 21.9. The average Bonchev–Trinajstić information content (AvgIpc) is 3.21. The molecule has 0 radical (unpaired) electrons. The summed E-state index contributed by atoms with van der Waals surface area (Å²) < 4.78 is 30.7. The Morgan fingerprint density at radius 3 is 2.39 bits per heavy atom. The van der Waals surface area contributed by atoms with Gasteiger partial charge in [0.05, 0.1) is 38.1 Å². The lowest BCUT2D eigenvalue weighted by Crippen LogP contribution is -2.47. The van der Waals surface area contributed by atoms with Crippen molar-refractivity contribution in [2.75, 3.05) is 13.2 Å². The second-order valence-corrected chi connectivity index (χ2v) is 8.77. The minimum atomic E-state index is -0.617. The summed E-state index contributed by atoms with van der Waals surface area (Å²) in [5.41, 5.74) is 1.12. The van der Waals surface area contributed by atoms with E-state index in [4.69, 9.17) is 23.6 Å². The summed E-state index contributed by atoms with van der Waals surface area (Å²) >= 11 is 0. The molecule has 3 rings (SSSR count). The van der Waals surface area contributed by atoms with Crippen molar-refractivity contribution < 1.29 is 23.6 Å². The fourth-order valence-corrected chi connectivity index (χ4v) is 4.37. The van der Waals surface area contributed by atoms with E-state index in [9.17, 15) is 0 Å². The fraction of sp³-hybridized carbons (Fsp3) is 0.680. The number of rotatable bonds is 13. The Balaban J connectivity index is 1.55. The van der Waals surface area contributed by atoms with Crippen LogP contribution in [0.5, 0.6) is 0 Å². The predicted octanol–water partition coefficient (Wildman–Crippen LogP) is 5.96. The van der Waals surface area contributed by atoms with Gasteiger partial charge in [-0.3, -0.25) is 0 Å². The Kier molecular flexibility index (Phi) is 9.91. The molecule has 6 heteroatoms. The number of unbranched alkanes of at least 4 members (excludes halogenated alkanes) is 2. The SMILES string of the molecule is C=C(C[C@H]1CC2(C[C@H](OCc3ccccc3)O1)OCCO2)OB(CCCC)CCCC. The van der Waals surface area contributed by atoms with Gasteiger partial charge in [-0.05, 0) is 18.2 Å². The molecule has 0 aliphatic carbocycles. The first-order valence-corrected chi connectivity index (χ1v) is 12.1. The predicted molar refractivity (Wildman–Crippen MR) is 124 cm³/mol. The monoisotopic (exact) mass is 430 g/mol. The molecule has 2 atom stereocenters. The van der Waals surface area contributed by atoms with Crippen LogP contribution in [0.3, 0.4) is 0 Å². The van der Waals surface area contributed by atoms with Crippen LogP contribution in [0.25, 0.3) is 0 Å². The molecule has 31 heavy (non-hydrogen) atoms. The van der Waals surface area contributed by atoms with E-state index >= 15 is 0 Å². The van der Waals surface area contributed by atoms with E-state index in [2.05, 4.69) is 32.6 Å². The summed E-state index contributed by atoms with van der Waals surface area (Å²) in [5, 5.41) is 0. The molecule has 0 amide bonds. The molecule has 1 aromatic carbocycles. The van der Waals surface area contributed by atoms with Crippen LogP contribution in [-0.2, 0) is 30.2 Å². The third kappa shape index (κ3) is 7.94. The standard InChI is InChI=1S/C25H39BO5/c1-4-6-13-26(14-7-5-2)31-21(3)17-23-18-25(28-15-16-29-25)19-24(30-23)27-20-22-11-9-8-10-12-22/h8-12,23-24H,3-7,13-20H2,1-2H3/t23-,24+/m0/s1. The molecule has 172 valence electrons. The van der Waals surface area contributed by atoms with Gasteiger partial charge in [0.25, 0.3) is 0 Å². The Labute approximate surface area is 188 Å². The summed E-state index contributed by atoms with van der Waals surface area (Å²) in [7, 11) is 0. The minimum Gasteiger partial charge on any atom is -0.564 e. The van der Waals surface area contributed by atoms with Gasteiger partial charge >= 0.3 is 6.92 Å². The molecule has 1 spiro atoms. The molecular formula is C25H39BO5. The van der Waals surface area contributed by atoms with E-state index in [0.29, 0.717) is 39.1 Å². The van der Waals surface area contributed by atoms with Crippen LogP contribution >= 0.6 is 0 Å². The fourth-order valence-electron chi connectivity index (χ4n) is 4.37. The highest BCUT2D eigenvalue weighted by Gasteiger charge is 2.46. The zero-order valence-electron chi connectivity index (χ0n) is 19.4. The van der Waals surface area contributed by atoms with Crippen molar-refractivity contribution in [2.24, 2.45) is 0 Å². The number of hydrogen-bond donors (Lipinski definition) is 0. The molecular weight excluding hydrogens is 391 g/mol. The van der Waals surface area contributed by atoms with Crippen LogP contribution in [-0.4, -0.2) is 38.3 Å². The molecule has 2 fully saturated rings. The molecule has 2 saturated heterocycles. The van der Waals surface area contributed by atoms with Gasteiger partial charge in [-0.2, -0.15) is 0 Å². The number of benzene rings is 1. The maximum Gasteiger partial charge on any atom is 0.357 e. The van der Waals surface area contributed by atoms with Gasteiger partial charge in [0.2, 0.25) is 0 Å². The van der Waals surface area contributed by atoms with E-state index in [1.54, 1.807) is 0 Å². The molecule has 2 aliphatic heterocycles. The van der Waals surface area contributed by atoms with Crippen molar-refractivity contribution in [1.82, 2.24) is 0 Å². The second kappa shape index (κ2) is 12.6. The zero-order valence-corrected chi connectivity index (χ0v) is 19.4. The van der Waals surface area contributed by atoms with Crippen LogP contribution < -0.4 is 0 Å². The van der Waals surface area contributed by atoms with Gasteiger partial charge in [0.1, 0.15) is 0 Å². The van der Waals surface area contributed by atoms with Crippen molar-refractivity contribution in [1.29, 1.82) is 0 Å². The summed E-state index contributed by atoms with van der Waals surface area (Å²) in [6.45, 7) is 10.6. The molecule has 0 saturated carbocycles. The lowest BCUT2D eigenvalue weighted by Gasteiger charge is -2.40. The minimum absolute atomic E-state index is 0.0990. The first-order valence-electron chi connectivity index (χ1n) is 12.1. The van der Waals surface area contributed by atoms with E-state index in [1.165, 1.54) is 25.7 Å². The Morgan fingerprint density at radius 2 is 1.74 bits per heavy atom. The van der Waals surface area contributed by atoms with E-state index < -0.39 is 5.79 Å². The highest BCUT2D eigenvalue weighted by Crippen LogP contribution is 2.38. The summed E-state index contributed by atoms with van der Waals surface area (Å²) in [4.78, 5) is 0. The van der Waals surface area contributed by atoms with Crippen LogP contribution in [0.2, 0.25) is 12.6 Å². The Bertz CT molecular complexity index is 639. The third-order valence-corrected chi connectivity index (χ3v) is 6.00. The number of hydrogen-bond acceptors (Lipinski definition) is 5. The third-order valence-electron chi connectivity index (χ3n) is 6.00. The van der Waals surface area contributed by atoms with Crippen molar-refractivity contribution in [3.63, 3.8) is 0 Å². The topological polar surface area (TPSA) is 46.2 Å². The summed E-state index contributed by atoms with van der Waals surface area (Å²) in [6.07, 6.45) is 8.31. The largest absolute Gasteiger partial charge is 0.564 e. The highest BCUT2D eigenvalue weighted by molar-refractivity contribution is 6.52. The molecule has 2 heterocycles. The molecule has 0 N–H and O–H groups in total. The molecule has 5 nitrogen and oxygen atoms in total. The van der Waals surface area contributed by atoms with Crippen molar-refractivity contribution >= 4 is 6.92 Å². The van der Waals surface area contributed by atoms with Crippen LogP contribution in [0.15, 0.2) is 42.7 Å². The first-order chi connectivity index (χ1) is 15.1. The molecule has 0 bridgehead atoms. The van der Waals surface area contributed by atoms with E-state index in [0.717, 1.165) is 24.0 Å². The molecule has 0 aromatic heterocycles. The van der Waals surface area contributed by atoms with Gasteiger partial charge in [-0.15, -0.1) is 0 Å². The quantitative estimate of drug-likeness (QED) is 0.285. The second-order valence-electron chi connectivity index (χ2n) is 8.77. The molecule has 0 unspecified atom stereocenters. The van der Waals surface area contributed by atoms with Crippen molar-refractivity contribution in [2.45, 2.75) is 96.2 Å². The highest BCUT2D eigenvalue weighted by atomic mass is 16.8. The number of ether oxygens (including phenoxy) is 4. The molecule has 2 aliphatic rings. The molecule has 1 aromatic rings. The first kappa shape index (κ1) is 24.3. The average molecular weight is 430 g/mol. The van der Waals surface area contributed by atoms with Crippen molar-refractivity contribution in [3.05, 3.63) is 48.2 Å². The van der Waals surface area contributed by atoms with E-state index in [1.807, 2.05) is 18.2 Å². The van der Waals surface area contributed by atoms with Gasteiger partial charge in [0.15, 0.2) is 12.1 Å². The lowest BCUT2D eigenvalue weighted by atomic mass is 9.59. The van der Waals surface area contributed by atoms with Crippen LogP contribution in [0.4, 0.5) is 0 Å². The maximum absolute atomic E-state index is 6.29. The summed E-state index contributed by atoms with van der Waals surface area (Å²) in [6, 6.07) is 10.2. The van der Waals surface area contributed by atoms with Gasteiger partial charge < -0.3 is 23.6 Å². The Morgan fingerprint density at radius 1 is 1.06 bits per heavy atom. The van der Waals surface area contributed by atoms with E-state index in [-0.39, 0.29) is 19.3 Å². The smallest absolute Gasteiger partial charge is 0.357 e. The van der Waals surface area contributed by atoms with Gasteiger partial charge in [-0.25, -0.2) is 0 Å². The Hall–Kier alpha value is -1.34. The van der Waals surface area contributed by atoms with Gasteiger partial charge in [0, 0.05) is 12.8 Å². The lowest BCUT2D eigenvalue weighted by molar-refractivity contribution is -0.295. The van der Waals surface area contributed by atoms with Crippen LogP contribution in [0, 0.1) is 0 Å². The van der Waals surface area contributed by atoms with Gasteiger partial charge in [-0.1, -0.05) is 76.4 Å². The normalized spacial score (nSPS) is 22.5. The maximum atomic E-state index is 6.29. The summed E-state index contributed by atoms with van der Waals surface area (Å²) in [5.74, 6) is 0.174. The van der Waals surface area contributed by atoms with Crippen LogP contribution in [0.1, 0.15) is 64.4 Å².